The smallest absolute Gasteiger partial charge is 0.324 e. The molecule has 0 radical (unpaired) electrons. The number of halogens is 3. The summed E-state index contributed by atoms with van der Waals surface area (Å²) < 4.78 is 38.4. The molecule has 6 heteroatoms. The molecule has 0 bridgehead atoms. The normalized spacial score (nSPS) is 11.7. The summed E-state index contributed by atoms with van der Waals surface area (Å²) in [6.07, 6.45) is -4.37. The van der Waals surface area contributed by atoms with E-state index in [2.05, 4.69) is 5.32 Å². The van der Waals surface area contributed by atoms with Crippen LogP contribution in [0.25, 0.3) is 0 Å². The third-order valence-corrected chi connectivity index (χ3v) is 4.06. The Balaban J connectivity index is 2.00. The summed E-state index contributed by atoms with van der Waals surface area (Å²) in [5, 5.41) is 2.90. The molecule has 0 heterocycles. The highest BCUT2D eigenvalue weighted by atomic mass is 19.4. The standard InChI is InChI=1S/C20H23F3N2O/c1-13-8-14(2)19(15(3)9-13)24-18(26)12-25(4)11-16-6-5-7-17(10-16)20(21,22)23/h5-10H,11-12H2,1-4H3,(H,24,26). The summed E-state index contributed by atoms with van der Waals surface area (Å²) in [7, 11) is 1.70. The molecule has 3 nitrogen and oxygen atoms in total. The fraction of sp³-hybridized carbons (Fsp3) is 0.350. The Kier molecular flexibility index (Phi) is 6.08. The first-order chi connectivity index (χ1) is 12.1. The van der Waals surface area contributed by atoms with Crippen LogP contribution in [0, 0.1) is 20.8 Å². The van der Waals surface area contributed by atoms with Gasteiger partial charge in [0, 0.05) is 12.2 Å². The second-order valence-corrected chi connectivity index (χ2v) is 6.69. The molecule has 0 saturated heterocycles. The molecule has 0 saturated carbocycles. The Bertz CT molecular complexity index is 777. The van der Waals surface area contributed by atoms with Crippen LogP contribution in [0.5, 0.6) is 0 Å². The maximum Gasteiger partial charge on any atom is 0.416 e. The number of benzene rings is 2. The summed E-state index contributed by atoms with van der Waals surface area (Å²) in [5.74, 6) is -0.200. The summed E-state index contributed by atoms with van der Waals surface area (Å²) >= 11 is 0. The van der Waals surface area contributed by atoms with Gasteiger partial charge in [-0.15, -0.1) is 0 Å². The van der Waals surface area contributed by atoms with Crippen molar-refractivity contribution in [3.8, 4) is 0 Å². The van der Waals surface area contributed by atoms with E-state index in [-0.39, 0.29) is 19.0 Å². The van der Waals surface area contributed by atoms with Crippen molar-refractivity contribution in [2.75, 3.05) is 18.9 Å². The fourth-order valence-corrected chi connectivity index (χ4v) is 3.01. The molecule has 0 unspecified atom stereocenters. The van der Waals surface area contributed by atoms with Crippen molar-refractivity contribution in [3.05, 3.63) is 64.2 Å². The Labute approximate surface area is 151 Å². The lowest BCUT2D eigenvalue weighted by atomic mass is 10.1. The van der Waals surface area contributed by atoms with Gasteiger partial charge in [-0.2, -0.15) is 13.2 Å². The van der Waals surface area contributed by atoms with Gasteiger partial charge in [0.2, 0.25) is 5.91 Å². The van der Waals surface area contributed by atoms with E-state index in [0.29, 0.717) is 5.56 Å². The predicted octanol–water partition coefficient (Wildman–Crippen LogP) is 4.70. The first-order valence-electron chi connectivity index (χ1n) is 8.28. The maximum absolute atomic E-state index is 12.8. The van der Waals surface area contributed by atoms with Crippen LogP contribution < -0.4 is 5.32 Å². The molecule has 2 aromatic rings. The Hall–Kier alpha value is -2.34. The van der Waals surface area contributed by atoms with Crippen LogP contribution in [-0.2, 0) is 17.5 Å². The zero-order chi connectivity index (χ0) is 19.5. The lowest BCUT2D eigenvalue weighted by Crippen LogP contribution is -2.30. The van der Waals surface area contributed by atoms with Crippen LogP contribution in [0.15, 0.2) is 36.4 Å². The number of likely N-dealkylation sites (N-methyl/N-ethyl adjacent to an activating group) is 1. The van der Waals surface area contributed by atoms with Gasteiger partial charge in [0.25, 0.3) is 0 Å². The van der Waals surface area contributed by atoms with E-state index in [0.717, 1.165) is 34.5 Å². The number of rotatable bonds is 5. The average Bonchev–Trinajstić information content (AvgIpc) is 2.50. The number of anilines is 1. The number of carbonyl (C=O) groups excluding carboxylic acids is 1. The van der Waals surface area contributed by atoms with E-state index < -0.39 is 11.7 Å². The Morgan fingerprint density at radius 2 is 1.69 bits per heavy atom. The lowest BCUT2D eigenvalue weighted by Gasteiger charge is -2.19. The largest absolute Gasteiger partial charge is 0.416 e. The molecule has 2 aromatic carbocycles. The van der Waals surface area contributed by atoms with E-state index in [1.54, 1.807) is 18.0 Å². The summed E-state index contributed by atoms with van der Waals surface area (Å²) in [4.78, 5) is 14.0. The monoisotopic (exact) mass is 364 g/mol. The number of aryl methyl sites for hydroxylation is 3. The van der Waals surface area contributed by atoms with Gasteiger partial charge in [-0.1, -0.05) is 35.9 Å². The summed E-state index contributed by atoms with van der Waals surface area (Å²) in [5.41, 5.74) is 3.71. The van der Waals surface area contributed by atoms with Crippen molar-refractivity contribution >= 4 is 11.6 Å². The van der Waals surface area contributed by atoms with Gasteiger partial charge in [-0.25, -0.2) is 0 Å². The van der Waals surface area contributed by atoms with Crippen molar-refractivity contribution in [1.82, 2.24) is 4.90 Å². The molecule has 1 N–H and O–H groups in total. The highest BCUT2D eigenvalue weighted by Gasteiger charge is 2.30. The van der Waals surface area contributed by atoms with Gasteiger partial charge >= 0.3 is 6.18 Å². The highest BCUT2D eigenvalue weighted by molar-refractivity contribution is 5.93. The number of nitrogens with one attached hydrogen (secondary N) is 1. The molecule has 0 aliphatic carbocycles. The summed E-state index contributed by atoms with van der Waals surface area (Å²) in [6.45, 7) is 6.20. The molecule has 0 atom stereocenters. The zero-order valence-electron chi connectivity index (χ0n) is 15.4. The molecule has 0 spiro atoms. The molecular formula is C20H23F3N2O. The molecule has 140 valence electrons. The molecule has 0 aliphatic heterocycles. The Morgan fingerprint density at radius 3 is 2.27 bits per heavy atom. The number of hydrogen-bond donors (Lipinski definition) is 1. The van der Waals surface area contributed by atoms with Gasteiger partial charge < -0.3 is 5.32 Å². The van der Waals surface area contributed by atoms with E-state index >= 15 is 0 Å². The van der Waals surface area contributed by atoms with Gasteiger partial charge in [0.15, 0.2) is 0 Å². The zero-order valence-corrected chi connectivity index (χ0v) is 15.4. The number of amides is 1. The first-order valence-corrected chi connectivity index (χ1v) is 8.28. The molecular weight excluding hydrogens is 341 g/mol. The minimum atomic E-state index is -4.37. The van der Waals surface area contributed by atoms with E-state index in [4.69, 9.17) is 0 Å². The van der Waals surface area contributed by atoms with E-state index in [1.165, 1.54) is 6.07 Å². The van der Waals surface area contributed by atoms with Crippen LogP contribution in [0.3, 0.4) is 0 Å². The number of alkyl halides is 3. The average molecular weight is 364 g/mol. The first kappa shape index (κ1) is 20.0. The van der Waals surface area contributed by atoms with Crippen LogP contribution in [0.4, 0.5) is 18.9 Å². The second kappa shape index (κ2) is 7.91. The SMILES string of the molecule is Cc1cc(C)c(NC(=O)CN(C)Cc2cccc(C(F)(F)F)c2)c(C)c1. The minimum Gasteiger partial charge on any atom is -0.324 e. The summed E-state index contributed by atoms with van der Waals surface area (Å²) in [6, 6.07) is 9.15. The van der Waals surface area contributed by atoms with Crippen molar-refractivity contribution in [3.63, 3.8) is 0 Å². The molecule has 26 heavy (non-hydrogen) atoms. The van der Waals surface area contributed by atoms with Gasteiger partial charge in [0.1, 0.15) is 0 Å². The second-order valence-electron chi connectivity index (χ2n) is 6.69. The molecule has 0 aliphatic rings. The maximum atomic E-state index is 12.8. The Morgan fingerprint density at radius 1 is 1.08 bits per heavy atom. The van der Waals surface area contributed by atoms with Crippen molar-refractivity contribution in [2.45, 2.75) is 33.5 Å². The topological polar surface area (TPSA) is 32.3 Å². The number of hydrogen-bond acceptors (Lipinski definition) is 2. The molecule has 0 aromatic heterocycles. The van der Waals surface area contributed by atoms with Crippen molar-refractivity contribution in [2.24, 2.45) is 0 Å². The fourth-order valence-electron chi connectivity index (χ4n) is 3.01. The molecule has 2 rings (SSSR count). The third-order valence-electron chi connectivity index (χ3n) is 4.06. The van der Waals surface area contributed by atoms with Gasteiger partial charge in [-0.3, -0.25) is 9.69 Å². The third kappa shape index (κ3) is 5.33. The number of nitrogens with zero attached hydrogens (tertiary/aromatic N) is 1. The lowest BCUT2D eigenvalue weighted by molar-refractivity contribution is -0.137. The van der Waals surface area contributed by atoms with Crippen LogP contribution in [0.2, 0.25) is 0 Å². The number of carbonyl (C=O) groups is 1. The predicted molar refractivity (Wildman–Crippen MR) is 97.1 cm³/mol. The van der Waals surface area contributed by atoms with E-state index in [9.17, 15) is 18.0 Å². The van der Waals surface area contributed by atoms with E-state index in [1.807, 2.05) is 32.9 Å². The highest BCUT2D eigenvalue weighted by Crippen LogP contribution is 2.29. The van der Waals surface area contributed by atoms with Crippen LogP contribution >= 0.6 is 0 Å². The quantitative estimate of drug-likeness (QED) is 0.834. The molecule has 0 fully saturated rings. The molecule has 1 amide bonds. The minimum absolute atomic E-state index is 0.0863. The van der Waals surface area contributed by atoms with Crippen LogP contribution in [-0.4, -0.2) is 24.4 Å². The van der Waals surface area contributed by atoms with Gasteiger partial charge in [-0.05, 0) is 50.6 Å². The van der Waals surface area contributed by atoms with Crippen molar-refractivity contribution in [1.29, 1.82) is 0 Å². The van der Waals surface area contributed by atoms with Gasteiger partial charge in [0.05, 0.1) is 12.1 Å². The van der Waals surface area contributed by atoms with Crippen LogP contribution in [0.1, 0.15) is 27.8 Å². The van der Waals surface area contributed by atoms with Crippen molar-refractivity contribution < 1.29 is 18.0 Å².